The molecule has 10 atom stereocenters. The summed E-state index contributed by atoms with van der Waals surface area (Å²) in [4.78, 5) is 0. The third-order valence-corrected chi connectivity index (χ3v) is 16.0. The molecule has 0 amide bonds. The highest BCUT2D eigenvalue weighted by Crippen LogP contribution is 2.74. The second-order valence-electron chi connectivity index (χ2n) is 17.6. The van der Waals surface area contributed by atoms with Gasteiger partial charge in [-0.3, -0.25) is 4.55 Å². The van der Waals surface area contributed by atoms with E-state index in [2.05, 4.69) is 48.5 Å². The van der Waals surface area contributed by atoms with Gasteiger partial charge in [0, 0.05) is 16.5 Å². The van der Waals surface area contributed by atoms with Gasteiger partial charge in [0.2, 0.25) is 0 Å². The molecule has 2 N–H and O–H groups in total. The Bertz CT molecular complexity index is 1440. The molecular formula is C36H54O6S. The first-order valence-corrected chi connectivity index (χ1v) is 18.4. The number of benzene rings is 1. The molecule has 0 bridgehead atoms. The lowest BCUT2D eigenvalue weighted by Gasteiger charge is -2.56. The molecule has 0 aromatic heterocycles. The average Bonchev–Trinajstić information content (AvgIpc) is 3.46. The van der Waals surface area contributed by atoms with Crippen molar-refractivity contribution in [3.8, 4) is 11.5 Å². The van der Waals surface area contributed by atoms with Crippen LogP contribution in [0.3, 0.4) is 0 Å². The Hall–Kier alpha value is -1.31. The number of hydrogen-bond acceptors (Lipinski definition) is 5. The van der Waals surface area contributed by atoms with Crippen LogP contribution in [-0.4, -0.2) is 29.8 Å². The van der Waals surface area contributed by atoms with Gasteiger partial charge in [0.25, 0.3) is 0 Å². The van der Waals surface area contributed by atoms with E-state index < -0.39 is 10.4 Å². The zero-order valence-electron chi connectivity index (χ0n) is 27.5. The second-order valence-corrected chi connectivity index (χ2v) is 18.7. The molecule has 1 aliphatic heterocycles. The number of phenols is 1. The first-order chi connectivity index (χ1) is 19.9. The minimum absolute atomic E-state index is 0.0221. The van der Waals surface area contributed by atoms with Crippen LogP contribution in [0.4, 0.5) is 0 Å². The molecule has 6 nitrogen and oxygen atoms in total. The van der Waals surface area contributed by atoms with Gasteiger partial charge in [0.15, 0.2) is 0 Å². The number of hydrogen-bond donors (Lipinski definition) is 2. The van der Waals surface area contributed by atoms with E-state index in [1.807, 2.05) is 0 Å². The largest absolute Gasteiger partial charge is 0.508 e. The van der Waals surface area contributed by atoms with Crippen LogP contribution < -0.4 is 4.18 Å². The van der Waals surface area contributed by atoms with Gasteiger partial charge in [-0.2, -0.15) is 8.42 Å². The zero-order valence-corrected chi connectivity index (χ0v) is 28.3. The maximum atomic E-state index is 11.8. The Balaban J connectivity index is 1.22. The van der Waals surface area contributed by atoms with E-state index in [1.54, 1.807) is 0 Å². The van der Waals surface area contributed by atoms with Crippen LogP contribution in [0.2, 0.25) is 0 Å². The predicted molar refractivity (Wildman–Crippen MR) is 167 cm³/mol. The summed E-state index contributed by atoms with van der Waals surface area (Å²) in [5, 5.41) is 11.0. The van der Waals surface area contributed by atoms with Crippen LogP contribution in [0.5, 0.6) is 11.5 Å². The highest BCUT2D eigenvalue weighted by Gasteiger charge is 2.69. The van der Waals surface area contributed by atoms with Crippen molar-refractivity contribution in [2.45, 2.75) is 143 Å². The highest BCUT2D eigenvalue weighted by atomic mass is 32.3. The van der Waals surface area contributed by atoms with Crippen LogP contribution in [0.25, 0.3) is 0 Å². The first kappa shape index (κ1) is 30.3. The standard InChI is InChI=1S/C36H54O6S/c1-31(2)15-8-16-36(7)27(31)13-19-35(6)29(41-36)14-20-34(35,5)24-12-17-32(3)23(24)11-18-33(4)28(32)21-22-25(37)9-10-26(30(22)33)42-43(38,39)40/h9-10,23-24,27-29,37H,8,11-21H2,1-7H3,(H,38,39,40)/t23-,24-,27+,28+,29+,32-,33+,34-,35-,36+/m1/s1. The van der Waals surface area contributed by atoms with Crippen molar-refractivity contribution in [1.82, 2.24) is 0 Å². The summed E-state index contributed by atoms with van der Waals surface area (Å²) in [5.74, 6) is 2.45. The summed E-state index contributed by atoms with van der Waals surface area (Å²) in [6, 6.07) is 3.02. The maximum absolute atomic E-state index is 11.8. The van der Waals surface area contributed by atoms with Gasteiger partial charge in [0.05, 0.1) is 11.7 Å². The van der Waals surface area contributed by atoms with Crippen molar-refractivity contribution >= 4 is 10.4 Å². The van der Waals surface area contributed by atoms with E-state index in [-0.39, 0.29) is 44.7 Å². The molecule has 7 rings (SSSR count). The quantitative estimate of drug-likeness (QED) is 0.332. The summed E-state index contributed by atoms with van der Waals surface area (Å²) >= 11 is 0. The molecule has 7 heteroatoms. The molecule has 240 valence electrons. The van der Waals surface area contributed by atoms with Gasteiger partial charge in [-0.05, 0) is 135 Å². The zero-order chi connectivity index (χ0) is 31.0. The van der Waals surface area contributed by atoms with Gasteiger partial charge in [-0.15, -0.1) is 0 Å². The summed E-state index contributed by atoms with van der Waals surface area (Å²) in [6.45, 7) is 17.3. The molecule has 4 saturated carbocycles. The molecule has 0 radical (unpaired) electrons. The molecule has 5 fully saturated rings. The Morgan fingerprint density at radius 1 is 0.814 bits per heavy atom. The van der Waals surface area contributed by atoms with E-state index in [0.717, 1.165) is 43.2 Å². The smallest absolute Gasteiger partial charge is 0.446 e. The van der Waals surface area contributed by atoms with Crippen molar-refractivity contribution in [3.05, 3.63) is 23.3 Å². The van der Waals surface area contributed by atoms with Crippen LogP contribution in [0, 0.1) is 45.3 Å². The third kappa shape index (κ3) is 4.05. The van der Waals surface area contributed by atoms with E-state index in [0.29, 0.717) is 29.3 Å². The number of ether oxygens (including phenoxy) is 1. The number of fused-ring (bicyclic) bond motifs is 7. The summed E-state index contributed by atoms with van der Waals surface area (Å²) in [6.07, 6.45) is 14.0. The van der Waals surface area contributed by atoms with Crippen molar-refractivity contribution in [2.24, 2.45) is 45.3 Å². The summed E-state index contributed by atoms with van der Waals surface area (Å²) in [7, 11) is -4.67. The van der Waals surface area contributed by atoms with E-state index in [9.17, 15) is 18.1 Å². The number of rotatable bonds is 3. The third-order valence-electron chi connectivity index (χ3n) is 15.6. The fourth-order valence-corrected chi connectivity index (χ4v) is 13.7. The second kappa shape index (κ2) is 9.15. The minimum atomic E-state index is -4.67. The Morgan fingerprint density at radius 3 is 2.23 bits per heavy atom. The molecule has 0 unspecified atom stereocenters. The van der Waals surface area contributed by atoms with E-state index in [4.69, 9.17) is 8.92 Å². The van der Waals surface area contributed by atoms with Gasteiger partial charge in [-0.1, -0.05) is 48.0 Å². The monoisotopic (exact) mass is 614 g/mol. The normalized spacial score (nSPS) is 48.4. The fraction of sp³-hybridized carbons (Fsp3) is 0.833. The average molecular weight is 615 g/mol. The molecule has 5 aliphatic carbocycles. The molecule has 1 heterocycles. The topological polar surface area (TPSA) is 93.1 Å². The lowest BCUT2D eigenvalue weighted by atomic mass is 9.48. The minimum Gasteiger partial charge on any atom is -0.508 e. The Kier molecular flexibility index (Phi) is 6.46. The lowest BCUT2D eigenvalue weighted by Crippen LogP contribution is -2.52. The van der Waals surface area contributed by atoms with E-state index in [1.165, 1.54) is 57.1 Å². The van der Waals surface area contributed by atoms with Crippen LogP contribution in [0.15, 0.2) is 12.1 Å². The molecule has 43 heavy (non-hydrogen) atoms. The van der Waals surface area contributed by atoms with Crippen molar-refractivity contribution in [2.75, 3.05) is 0 Å². The van der Waals surface area contributed by atoms with Crippen molar-refractivity contribution < 1.29 is 27.0 Å². The van der Waals surface area contributed by atoms with Gasteiger partial charge in [-0.25, -0.2) is 0 Å². The SMILES string of the molecule is CC1(C)CCC[C@]2(C)O[C@H]3CC[C@](C)([C@@H]4CC[C@]5(C)[C@@H]4CC[C@]4(C)c6c(OS(=O)(=O)O)ccc(O)c6C[C@@H]54)[C@]3(C)CC[C@@H]12. The van der Waals surface area contributed by atoms with Crippen molar-refractivity contribution in [1.29, 1.82) is 0 Å². The number of aromatic hydroxyl groups is 1. The highest BCUT2D eigenvalue weighted by molar-refractivity contribution is 7.81. The maximum Gasteiger partial charge on any atom is 0.446 e. The van der Waals surface area contributed by atoms with E-state index >= 15 is 0 Å². The molecule has 0 spiro atoms. The lowest BCUT2D eigenvalue weighted by molar-refractivity contribution is -0.179. The Morgan fingerprint density at radius 2 is 1.51 bits per heavy atom. The van der Waals surface area contributed by atoms with Gasteiger partial charge >= 0.3 is 10.4 Å². The first-order valence-electron chi connectivity index (χ1n) is 17.1. The fourth-order valence-electron chi connectivity index (χ4n) is 13.3. The number of phenolic OH excluding ortho intramolecular Hbond substituents is 1. The molecule has 6 aliphatic rings. The molecular weight excluding hydrogens is 560 g/mol. The van der Waals surface area contributed by atoms with Crippen LogP contribution in [-0.2, 0) is 27.0 Å². The molecule has 1 aromatic carbocycles. The van der Waals surface area contributed by atoms with Crippen LogP contribution in [0.1, 0.15) is 130 Å². The molecule has 1 aromatic rings. The van der Waals surface area contributed by atoms with Gasteiger partial charge in [0.1, 0.15) is 11.5 Å². The summed E-state index contributed by atoms with van der Waals surface area (Å²) < 4.78 is 45.6. The predicted octanol–water partition coefficient (Wildman–Crippen LogP) is 8.40. The molecule has 1 saturated heterocycles. The van der Waals surface area contributed by atoms with Crippen molar-refractivity contribution in [3.63, 3.8) is 0 Å². The van der Waals surface area contributed by atoms with Gasteiger partial charge < -0.3 is 14.0 Å². The Labute approximate surface area is 259 Å². The summed E-state index contributed by atoms with van der Waals surface area (Å²) in [5.41, 5.74) is 1.98. The van der Waals surface area contributed by atoms with Crippen LogP contribution >= 0.6 is 0 Å².